The zero-order valence-electron chi connectivity index (χ0n) is 10.9. The fraction of sp³-hybridized carbons (Fsp3) is 0.154. The van der Waals surface area contributed by atoms with Crippen LogP contribution in [0.4, 0.5) is 10.5 Å². The molecule has 0 atom stereocenters. The molecule has 7 nitrogen and oxygen atoms in total. The van der Waals surface area contributed by atoms with Gasteiger partial charge in [-0.25, -0.2) is 14.6 Å². The Labute approximate surface area is 124 Å². The zero-order chi connectivity index (χ0) is 15.2. The fourth-order valence-electron chi connectivity index (χ4n) is 1.63. The number of aromatic carboxylic acids is 1. The molecule has 0 saturated carbocycles. The number of anilines is 1. The highest BCUT2D eigenvalue weighted by Gasteiger charge is 2.10. The van der Waals surface area contributed by atoms with Crippen LogP contribution in [0.1, 0.15) is 16.1 Å². The molecule has 0 aliphatic carbocycles. The van der Waals surface area contributed by atoms with Gasteiger partial charge in [-0.3, -0.25) is 0 Å². The number of rotatable bonds is 5. The lowest BCUT2D eigenvalue weighted by atomic mass is 10.2. The number of aromatic nitrogens is 1. The van der Waals surface area contributed by atoms with Gasteiger partial charge in [-0.2, -0.15) is 0 Å². The molecule has 0 fully saturated rings. The van der Waals surface area contributed by atoms with E-state index in [-0.39, 0.29) is 5.56 Å². The molecule has 0 bridgehead atoms. The van der Waals surface area contributed by atoms with Crippen LogP contribution in [0.25, 0.3) is 0 Å². The van der Waals surface area contributed by atoms with E-state index in [9.17, 15) is 14.7 Å². The molecule has 110 valence electrons. The fourth-order valence-corrected chi connectivity index (χ4v) is 2.22. The molecule has 4 N–H and O–H groups in total. The number of benzene rings is 1. The van der Waals surface area contributed by atoms with Crippen LogP contribution in [0.15, 0.2) is 29.1 Å². The lowest BCUT2D eigenvalue weighted by Crippen LogP contribution is -2.30. The van der Waals surface area contributed by atoms with E-state index in [0.29, 0.717) is 18.7 Å². The number of nitrogens with one attached hydrogen (secondary N) is 2. The molecule has 0 aliphatic rings. The Kier molecular flexibility index (Phi) is 4.72. The molecule has 0 radical (unpaired) electrons. The molecule has 8 heteroatoms. The summed E-state index contributed by atoms with van der Waals surface area (Å²) in [5, 5.41) is 25.4. The number of carboxylic acid groups (broad SMARTS) is 1. The Balaban J connectivity index is 1.85. The van der Waals surface area contributed by atoms with Gasteiger partial charge in [0.2, 0.25) is 0 Å². The van der Waals surface area contributed by atoms with Crippen molar-refractivity contribution < 1.29 is 19.8 Å². The maximum absolute atomic E-state index is 11.6. The molecular weight excluding hydrogens is 294 g/mol. The second-order valence-corrected chi connectivity index (χ2v) is 4.87. The van der Waals surface area contributed by atoms with Crippen LogP contribution in [0.5, 0.6) is 5.75 Å². The number of carbonyl (C=O) groups is 2. The quantitative estimate of drug-likeness (QED) is 0.674. The summed E-state index contributed by atoms with van der Waals surface area (Å²) in [4.78, 5) is 26.5. The van der Waals surface area contributed by atoms with Gasteiger partial charge in [-0.1, -0.05) is 0 Å². The molecular formula is C13H13N3O4S. The van der Waals surface area contributed by atoms with Gasteiger partial charge < -0.3 is 20.8 Å². The number of amides is 2. The largest absolute Gasteiger partial charge is 0.507 e. The van der Waals surface area contributed by atoms with Gasteiger partial charge in [0.25, 0.3) is 0 Å². The third-order valence-electron chi connectivity index (χ3n) is 2.64. The van der Waals surface area contributed by atoms with Crippen LogP contribution in [0, 0.1) is 0 Å². The standard InChI is InChI=1S/C13H13N3O4S/c17-11-5-8(1-2-10(11)12(18)19)16-13(20)14-4-3-9-6-21-7-15-9/h1-2,5-7,17H,3-4H2,(H,18,19)(H2,14,16,20). The first-order chi connectivity index (χ1) is 10.1. The first-order valence-electron chi connectivity index (χ1n) is 6.04. The monoisotopic (exact) mass is 307 g/mol. The summed E-state index contributed by atoms with van der Waals surface area (Å²) >= 11 is 1.49. The van der Waals surface area contributed by atoms with Crippen molar-refractivity contribution >= 4 is 29.0 Å². The Bertz CT molecular complexity index is 643. The van der Waals surface area contributed by atoms with E-state index < -0.39 is 17.7 Å². The highest BCUT2D eigenvalue weighted by Crippen LogP contribution is 2.21. The van der Waals surface area contributed by atoms with Crippen molar-refractivity contribution in [3.63, 3.8) is 0 Å². The van der Waals surface area contributed by atoms with Gasteiger partial charge in [-0.05, 0) is 12.1 Å². The van der Waals surface area contributed by atoms with E-state index in [2.05, 4.69) is 15.6 Å². The zero-order valence-corrected chi connectivity index (χ0v) is 11.7. The lowest BCUT2D eigenvalue weighted by molar-refractivity contribution is 0.0694. The number of urea groups is 1. The van der Waals surface area contributed by atoms with Crippen molar-refractivity contribution in [1.82, 2.24) is 10.3 Å². The first-order valence-corrected chi connectivity index (χ1v) is 6.99. The first kappa shape index (κ1) is 14.8. The van der Waals surface area contributed by atoms with Crippen molar-refractivity contribution in [3.05, 3.63) is 40.3 Å². The third-order valence-corrected chi connectivity index (χ3v) is 3.27. The second kappa shape index (κ2) is 6.71. The van der Waals surface area contributed by atoms with Crippen LogP contribution in [-0.2, 0) is 6.42 Å². The predicted octanol–water partition coefficient (Wildman–Crippen LogP) is 1.91. The molecule has 1 aromatic heterocycles. The van der Waals surface area contributed by atoms with Gasteiger partial charge in [0.15, 0.2) is 0 Å². The van der Waals surface area contributed by atoms with Crippen molar-refractivity contribution in [3.8, 4) is 5.75 Å². The molecule has 2 amide bonds. The van der Waals surface area contributed by atoms with E-state index in [1.54, 1.807) is 5.51 Å². The van der Waals surface area contributed by atoms with Gasteiger partial charge >= 0.3 is 12.0 Å². The maximum Gasteiger partial charge on any atom is 0.339 e. The van der Waals surface area contributed by atoms with Gasteiger partial charge in [-0.15, -0.1) is 11.3 Å². The predicted molar refractivity (Wildman–Crippen MR) is 77.9 cm³/mol. The molecule has 21 heavy (non-hydrogen) atoms. The van der Waals surface area contributed by atoms with E-state index in [0.717, 1.165) is 5.69 Å². The average Bonchev–Trinajstić information content (AvgIpc) is 2.91. The van der Waals surface area contributed by atoms with Crippen molar-refractivity contribution in [2.75, 3.05) is 11.9 Å². The smallest absolute Gasteiger partial charge is 0.339 e. The summed E-state index contributed by atoms with van der Waals surface area (Å²) in [6.45, 7) is 0.425. The van der Waals surface area contributed by atoms with Crippen LogP contribution in [0.2, 0.25) is 0 Å². The van der Waals surface area contributed by atoms with Gasteiger partial charge in [0, 0.05) is 30.1 Å². The Morgan fingerprint density at radius 1 is 1.33 bits per heavy atom. The summed E-state index contributed by atoms with van der Waals surface area (Å²) in [6, 6.07) is 3.38. The van der Waals surface area contributed by atoms with Crippen molar-refractivity contribution in [1.29, 1.82) is 0 Å². The number of carbonyl (C=O) groups excluding carboxylic acids is 1. The van der Waals surface area contributed by atoms with Crippen LogP contribution >= 0.6 is 11.3 Å². The van der Waals surface area contributed by atoms with Crippen LogP contribution < -0.4 is 10.6 Å². The molecule has 1 heterocycles. The minimum atomic E-state index is -1.23. The molecule has 0 spiro atoms. The van der Waals surface area contributed by atoms with Gasteiger partial charge in [0.05, 0.1) is 11.2 Å². The van der Waals surface area contributed by atoms with E-state index in [1.807, 2.05) is 5.38 Å². The Hall–Kier alpha value is -2.61. The van der Waals surface area contributed by atoms with E-state index in [1.165, 1.54) is 29.5 Å². The lowest BCUT2D eigenvalue weighted by Gasteiger charge is -2.08. The number of nitrogens with zero attached hydrogens (tertiary/aromatic N) is 1. The number of aromatic hydroxyl groups is 1. The summed E-state index contributed by atoms with van der Waals surface area (Å²) in [6.07, 6.45) is 0.625. The molecule has 0 saturated heterocycles. The van der Waals surface area contributed by atoms with Crippen molar-refractivity contribution in [2.24, 2.45) is 0 Å². The molecule has 2 aromatic rings. The molecule has 2 rings (SSSR count). The minimum absolute atomic E-state index is 0.218. The number of hydrogen-bond donors (Lipinski definition) is 4. The minimum Gasteiger partial charge on any atom is -0.507 e. The average molecular weight is 307 g/mol. The van der Waals surface area contributed by atoms with Crippen molar-refractivity contribution in [2.45, 2.75) is 6.42 Å². The van der Waals surface area contributed by atoms with Gasteiger partial charge in [0.1, 0.15) is 11.3 Å². The highest BCUT2D eigenvalue weighted by molar-refractivity contribution is 7.07. The third kappa shape index (κ3) is 4.18. The van der Waals surface area contributed by atoms with E-state index in [4.69, 9.17) is 5.11 Å². The second-order valence-electron chi connectivity index (χ2n) is 4.15. The Morgan fingerprint density at radius 2 is 2.14 bits per heavy atom. The SMILES string of the molecule is O=C(NCCc1cscn1)Nc1ccc(C(=O)O)c(O)c1. The molecule has 0 aliphatic heterocycles. The molecule has 1 aromatic carbocycles. The Morgan fingerprint density at radius 3 is 2.76 bits per heavy atom. The normalized spacial score (nSPS) is 10.1. The summed E-state index contributed by atoms with van der Waals surface area (Å²) in [5.41, 5.74) is 2.72. The maximum atomic E-state index is 11.6. The summed E-state index contributed by atoms with van der Waals surface area (Å²) in [7, 11) is 0. The molecule has 0 unspecified atom stereocenters. The van der Waals surface area contributed by atoms with E-state index >= 15 is 0 Å². The van der Waals surface area contributed by atoms with Crippen LogP contribution in [0.3, 0.4) is 0 Å². The summed E-state index contributed by atoms with van der Waals surface area (Å²) < 4.78 is 0. The van der Waals surface area contributed by atoms with Crippen LogP contribution in [-0.4, -0.2) is 33.7 Å². The highest BCUT2D eigenvalue weighted by atomic mass is 32.1. The topological polar surface area (TPSA) is 112 Å². The number of carboxylic acids is 1. The number of phenols is 1. The number of thiazole rings is 1. The number of hydrogen-bond acceptors (Lipinski definition) is 5. The summed E-state index contributed by atoms with van der Waals surface area (Å²) in [5.74, 6) is -1.63.